The van der Waals surface area contributed by atoms with Crippen molar-refractivity contribution < 1.29 is 9.53 Å². The van der Waals surface area contributed by atoms with Gasteiger partial charge in [-0.3, -0.25) is 5.32 Å². The number of aromatic nitrogens is 2. The van der Waals surface area contributed by atoms with Crippen LogP contribution in [0.25, 0.3) is 0 Å². The highest BCUT2D eigenvalue weighted by Crippen LogP contribution is 2.27. The van der Waals surface area contributed by atoms with Gasteiger partial charge in [-0.05, 0) is 56.8 Å². The van der Waals surface area contributed by atoms with Gasteiger partial charge in [0.2, 0.25) is 0 Å². The van der Waals surface area contributed by atoms with E-state index in [0.29, 0.717) is 17.5 Å². The monoisotopic (exact) mass is 303 g/mol. The van der Waals surface area contributed by atoms with Crippen LogP contribution in [0.15, 0.2) is 40.4 Å². The number of ether oxygens (including phenoxy) is 1. The molecule has 0 radical (unpaired) electrons. The van der Waals surface area contributed by atoms with Crippen LogP contribution in [0, 0.1) is 13.8 Å². The summed E-state index contributed by atoms with van der Waals surface area (Å²) in [6.45, 7) is 5.99. The number of nitrogens with one attached hydrogen (secondary N) is 1. The molecule has 1 aromatic carbocycles. The molecule has 0 saturated carbocycles. The highest BCUT2D eigenvalue weighted by atomic mass is 32.2. The predicted octanol–water partition coefficient (Wildman–Crippen LogP) is 3.81. The van der Waals surface area contributed by atoms with Crippen molar-refractivity contribution in [3.05, 3.63) is 41.7 Å². The Kier molecular flexibility index (Phi) is 5.16. The van der Waals surface area contributed by atoms with Gasteiger partial charge >= 0.3 is 6.09 Å². The number of carbonyl (C=O) groups excluding carboxylic acids is 1. The lowest BCUT2D eigenvalue weighted by molar-refractivity contribution is 0.168. The molecule has 0 aliphatic heterocycles. The van der Waals surface area contributed by atoms with E-state index in [1.54, 1.807) is 6.92 Å². The van der Waals surface area contributed by atoms with Gasteiger partial charge in [-0.15, -0.1) is 0 Å². The SMILES string of the molecule is CCOC(=O)Nc1cccc(Sc2nc(C)cc(C)n2)c1. The van der Waals surface area contributed by atoms with Gasteiger partial charge in [0, 0.05) is 22.0 Å². The molecule has 2 aromatic rings. The summed E-state index contributed by atoms with van der Waals surface area (Å²) in [4.78, 5) is 21.1. The van der Waals surface area contributed by atoms with Crippen molar-refractivity contribution in [1.82, 2.24) is 9.97 Å². The number of benzene rings is 1. The highest BCUT2D eigenvalue weighted by molar-refractivity contribution is 7.99. The van der Waals surface area contributed by atoms with Crippen molar-refractivity contribution in [3.63, 3.8) is 0 Å². The Morgan fingerprint density at radius 3 is 2.62 bits per heavy atom. The number of carbonyl (C=O) groups is 1. The maximum atomic E-state index is 11.4. The highest BCUT2D eigenvalue weighted by Gasteiger charge is 2.06. The third-order valence-electron chi connectivity index (χ3n) is 2.53. The summed E-state index contributed by atoms with van der Waals surface area (Å²) in [7, 11) is 0. The molecule has 21 heavy (non-hydrogen) atoms. The second-order valence-corrected chi connectivity index (χ2v) is 5.45. The molecule has 110 valence electrons. The summed E-state index contributed by atoms with van der Waals surface area (Å²) in [6.07, 6.45) is -0.456. The number of amides is 1. The van der Waals surface area contributed by atoms with Gasteiger partial charge in [-0.25, -0.2) is 14.8 Å². The average molecular weight is 303 g/mol. The molecule has 0 atom stereocenters. The zero-order chi connectivity index (χ0) is 15.2. The Labute approximate surface area is 128 Å². The first kappa shape index (κ1) is 15.3. The van der Waals surface area contributed by atoms with Crippen molar-refractivity contribution in [2.24, 2.45) is 0 Å². The van der Waals surface area contributed by atoms with Gasteiger partial charge in [0.05, 0.1) is 6.61 Å². The summed E-state index contributed by atoms with van der Waals surface area (Å²) < 4.78 is 4.85. The lowest BCUT2D eigenvalue weighted by Crippen LogP contribution is -2.13. The largest absolute Gasteiger partial charge is 0.450 e. The zero-order valence-electron chi connectivity index (χ0n) is 12.2. The van der Waals surface area contributed by atoms with Crippen molar-refractivity contribution in [1.29, 1.82) is 0 Å². The Balaban J connectivity index is 2.12. The minimum atomic E-state index is -0.456. The summed E-state index contributed by atoms with van der Waals surface area (Å²) in [5.41, 5.74) is 2.56. The number of rotatable bonds is 4. The Morgan fingerprint density at radius 1 is 1.24 bits per heavy atom. The summed E-state index contributed by atoms with van der Waals surface area (Å²) in [6, 6.07) is 9.42. The summed E-state index contributed by atoms with van der Waals surface area (Å²) in [5, 5.41) is 3.37. The van der Waals surface area contributed by atoms with E-state index in [4.69, 9.17) is 4.74 Å². The van der Waals surface area contributed by atoms with Gasteiger partial charge in [-0.1, -0.05) is 6.07 Å². The van der Waals surface area contributed by atoms with Crippen LogP contribution in [0.2, 0.25) is 0 Å². The van der Waals surface area contributed by atoms with Crippen molar-refractivity contribution in [2.45, 2.75) is 30.8 Å². The molecule has 0 bridgehead atoms. The van der Waals surface area contributed by atoms with Gasteiger partial charge in [0.15, 0.2) is 5.16 Å². The molecular formula is C15H17N3O2S. The Hall–Kier alpha value is -2.08. The van der Waals surface area contributed by atoms with Crippen LogP contribution in [0.5, 0.6) is 0 Å². The van der Waals surface area contributed by atoms with Crippen LogP contribution >= 0.6 is 11.8 Å². The number of hydrogen-bond acceptors (Lipinski definition) is 5. The topological polar surface area (TPSA) is 64.1 Å². The molecule has 1 N–H and O–H groups in total. The molecule has 5 nitrogen and oxygen atoms in total. The van der Waals surface area contributed by atoms with E-state index in [1.165, 1.54) is 11.8 Å². The molecule has 0 spiro atoms. The first-order chi connectivity index (χ1) is 10.1. The number of anilines is 1. The molecule has 0 saturated heterocycles. The van der Waals surface area contributed by atoms with Crippen molar-refractivity contribution >= 4 is 23.5 Å². The molecule has 1 amide bonds. The first-order valence-corrected chi connectivity index (χ1v) is 7.42. The maximum Gasteiger partial charge on any atom is 0.411 e. The molecule has 0 aliphatic carbocycles. The third kappa shape index (κ3) is 4.75. The van der Waals surface area contributed by atoms with E-state index < -0.39 is 6.09 Å². The molecule has 6 heteroatoms. The second kappa shape index (κ2) is 7.08. The summed E-state index contributed by atoms with van der Waals surface area (Å²) in [5.74, 6) is 0. The minimum Gasteiger partial charge on any atom is -0.450 e. The molecule has 0 unspecified atom stereocenters. The zero-order valence-corrected chi connectivity index (χ0v) is 13.0. The Bertz CT molecular complexity index is 626. The lowest BCUT2D eigenvalue weighted by Gasteiger charge is -2.07. The minimum absolute atomic E-state index is 0.344. The predicted molar refractivity (Wildman–Crippen MR) is 82.7 cm³/mol. The molecule has 1 aromatic heterocycles. The van der Waals surface area contributed by atoms with E-state index in [-0.39, 0.29) is 0 Å². The fraction of sp³-hybridized carbons (Fsp3) is 0.267. The molecule has 1 heterocycles. The first-order valence-electron chi connectivity index (χ1n) is 6.61. The molecular weight excluding hydrogens is 286 g/mol. The number of nitrogens with zero attached hydrogens (tertiary/aromatic N) is 2. The number of aryl methyl sites for hydroxylation is 2. The maximum absolute atomic E-state index is 11.4. The van der Waals surface area contributed by atoms with Gasteiger partial charge in [-0.2, -0.15) is 0 Å². The fourth-order valence-corrected chi connectivity index (χ4v) is 2.69. The van der Waals surface area contributed by atoms with E-state index in [0.717, 1.165) is 16.3 Å². The third-order valence-corrected chi connectivity index (χ3v) is 3.38. The van der Waals surface area contributed by atoms with Crippen molar-refractivity contribution in [3.8, 4) is 0 Å². The van der Waals surface area contributed by atoms with E-state index in [9.17, 15) is 4.79 Å². The number of hydrogen-bond donors (Lipinski definition) is 1. The van der Waals surface area contributed by atoms with Crippen molar-refractivity contribution in [2.75, 3.05) is 11.9 Å². The van der Waals surface area contributed by atoms with Crippen LogP contribution in [-0.4, -0.2) is 22.7 Å². The molecule has 0 aliphatic rings. The molecule has 0 fully saturated rings. The normalized spacial score (nSPS) is 10.2. The van der Waals surface area contributed by atoms with Crippen LogP contribution in [-0.2, 0) is 4.74 Å². The van der Waals surface area contributed by atoms with Crippen LogP contribution in [0.3, 0.4) is 0 Å². The standard InChI is InChI=1S/C15H17N3O2S/c1-4-20-15(19)18-12-6-5-7-13(9-12)21-14-16-10(2)8-11(3)17-14/h5-9H,4H2,1-3H3,(H,18,19). The van der Waals surface area contributed by atoms with E-state index >= 15 is 0 Å². The van der Waals surface area contributed by atoms with Gasteiger partial charge in [0.1, 0.15) is 0 Å². The lowest BCUT2D eigenvalue weighted by atomic mass is 10.3. The summed E-state index contributed by atoms with van der Waals surface area (Å²) >= 11 is 1.46. The van der Waals surface area contributed by atoms with E-state index in [2.05, 4.69) is 15.3 Å². The van der Waals surface area contributed by atoms with Gasteiger partial charge in [0.25, 0.3) is 0 Å². The smallest absolute Gasteiger partial charge is 0.411 e. The quantitative estimate of drug-likeness (QED) is 0.870. The van der Waals surface area contributed by atoms with Gasteiger partial charge < -0.3 is 4.74 Å². The van der Waals surface area contributed by atoms with E-state index in [1.807, 2.05) is 44.2 Å². The van der Waals surface area contributed by atoms with Crippen LogP contribution < -0.4 is 5.32 Å². The average Bonchev–Trinajstić information content (AvgIpc) is 2.37. The van der Waals surface area contributed by atoms with Crippen LogP contribution in [0.1, 0.15) is 18.3 Å². The van der Waals surface area contributed by atoms with Crippen LogP contribution in [0.4, 0.5) is 10.5 Å². The molecule has 2 rings (SSSR count). The fourth-order valence-electron chi connectivity index (χ4n) is 1.77. The Morgan fingerprint density at radius 2 is 1.95 bits per heavy atom. The second-order valence-electron chi connectivity index (χ2n) is 4.41.